The highest BCUT2D eigenvalue weighted by Gasteiger charge is 2.35. The second kappa shape index (κ2) is 6.55. The van der Waals surface area contributed by atoms with E-state index in [0.717, 1.165) is 34.5 Å². The van der Waals surface area contributed by atoms with Crippen molar-refractivity contribution < 1.29 is 14.3 Å². The molecule has 1 heterocycles. The maximum atomic E-state index is 13.9. The van der Waals surface area contributed by atoms with Crippen LogP contribution in [0.5, 0.6) is 0 Å². The Morgan fingerprint density at radius 1 is 1.30 bits per heavy atom. The molecule has 0 spiro atoms. The zero-order valence-corrected chi connectivity index (χ0v) is 16.5. The Morgan fingerprint density at radius 2 is 2.00 bits per heavy atom. The standard InChI is InChI=1S/C22H27FN2O2/c1-13-9-15(23)11-17-19(13)24-18(12-21(17,2)3)14-7-6-8-16(10-14)25-22(4,5)20(26)27/h6-11,18,24-25H,12H2,1-5H3,(H,26,27). The number of hydrogen-bond acceptors (Lipinski definition) is 3. The Labute approximate surface area is 159 Å². The molecule has 1 aliphatic rings. The van der Waals surface area contributed by atoms with Crippen LogP contribution in [0.4, 0.5) is 15.8 Å². The molecule has 0 saturated carbocycles. The van der Waals surface area contributed by atoms with Crippen LogP contribution in [0.15, 0.2) is 36.4 Å². The van der Waals surface area contributed by atoms with Crippen LogP contribution in [0.3, 0.4) is 0 Å². The number of fused-ring (bicyclic) bond motifs is 1. The van der Waals surface area contributed by atoms with Crippen molar-refractivity contribution in [1.29, 1.82) is 0 Å². The van der Waals surface area contributed by atoms with E-state index in [1.165, 1.54) is 0 Å². The molecule has 0 aromatic heterocycles. The van der Waals surface area contributed by atoms with Crippen LogP contribution in [-0.4, -0.2) is 16.6 Å². The summed E-state index contributed by atoms with van der Waals surface area (Å²) < 4.78 is 13.9. The second-order valence-electron chi connectivity index (χ2n) is 8.61. The number of carboxylic acid groups (broad SMARTS) is 1. The smallest absolute Gasteiger partial charge is 0.328 e. The largest absolute Gasteiger partial charge is 0.480 e. The van der Waals surface area contributed by atoms with Crippen LogP contribution in [0.2, 0.25) is 0 Å². The fraction of sp³-hybridized carbons (Fsp3) is 0.409. The highest BCUT2D eigenvalue weighted by Crippen LogP contribution is 2.45. The monoisotopic (exact) mass is 370 g/mol. The van der Waals surface area contributed by atoms with Gasteiger partial charge in [0.1, 0.15) is 11.4 Å². The van der Waals surface area contributed by atoms with Crippen molar-refractivity contribution in [3.05, 3.63) is 58.9 Å². The molecule has 1 aliphatic heterocycles. The molecule has 2 aromatic carbocycles. The minimum absolute atomic E-state index is 0.0614. The van der Waals surface area contributed by atoms with Crippen LogP contribution in [-0.2, 0) is 10.2 Å². The number of anilines is 2. The molecule has 0 radical (unpaired) electrons. The van der Waals surface area contributed by atoms with Crippen LogP contribution in [0.25, 0.3) is 0 Å². The van der Waals surface area contributed by atoms with Gasteiger partial charge in [-0.25, -0.2) is 9.18 Å². The zero-order chi connectivity index (χ0) is 20.0. The summed E-state index contributed by atoms with van der Waals surface area (Å²) in [4.78, 5) is 11.4. The van der Waals surface area contributed by atoms with E-state index in [1.807, 2.05) is 31.2 Å². The van der Waals surface area contributed by atoms with Gasteiger partial charge in [-0.3, -0.25) is 0 Å². The van der Waals surface area contributed by atoms with E-state index < -0.39 is 11.5 Å². The van der Waals surface area contributed by atoms with Crippen molar-refractivity contribution >= 4 is 17.3 Å². The van der Waals surface area contributed by atoms with Gasteiger partial charge >= 0.3 is 5.97 Å². The number of hydrogen-bond donors (Lipinski definition) is 3. The molecule has 3 rings (SSSR count). The fourth-order valence-electron chi connectivity index (χ4n) is 3.76. The number of carbonyl (C=O) groups is 1. The first-order valence-corrected chi connectivity index (χ1v) is 9.18. The maximum absolute atomic E-state index is 13.9. The molecule has 3 N–H and O–H groups in total. The van der Waals surface area contributed by atoms with Crippen LogP contribution >= 0.6 is 0 Å². The molecule has 0 saturated heterocycles. The van der Waals surface area contributed by atoms with Gasteiger partial charge in [0.05, 0.1) is 6.04 Å². The summed E-state index contributed by atoms with van der Waals surface area (Å²) in [7, 11) is 0. The molecular formula is C22H27FN2O2. The number of aryl methyl sites for hydroxylation is 1. The molecule has 0 fully saturated rings. The zero-order valence-electron chi connectivity index (χ0n) is 16.5. The van der Waals surface area contributed by atoms with E-state index in [2.05, 4.69) is 24.5 Å². The van der Waals surface area contributed by atoms with E-state index in [0.29, 0.717) is 0 Å². The number of benzene rings is 2. The highest BCUT2D eigenvalue weighted by atomic mass is 19.1. The van der Waals surface area contributed by atoms with E-state index in [1.54, 1.807) is 26.0 Å². The lowest BCUT2D eigenvalue weighted by Gasteiger charge is -2.40. The Morgan fingerprint density at radius 3 is 2.67 bits per heavy atom. The molecule has 2 aromatic rings. The SMILES string of the molecule is Cc1cc(F)cc2c1NC(c1cccc(NC(C)(C)C(=O)O)c1)CC2(C)C. The first kappa shape index (κ1) is 19.2. The summed E-state index contributed by atoms with van der Waals surface area (Å²) in [5.41, 5.74) is 3.48. The van der Waals surface area contributed by atoms with Gasteiger partial charge in [0.15, 0.2) is 0 Å². The van der Waals surface area contributed by atoms with Gasteiger partial charge in [-0.15, -0.1) is 0 Å². The molecule has 5 heteroatoms. The van der Waals surface area contributed by atoms with E-state index in [4.69, 9.17) is 0 Å². The first-order chi connectivity index (χ1) is 12.5. The predicted octanol–water partition coefficient (Wildman–Crippen LogP) is 5.24. The third-order valence-corrected chi connectivity index (χ3v) is 5.34. The molecule has 0 amide bonds. The summed E-state index contributed by atoms with van der Waals surface area (Å²) >= 11 is 0. The average Bonchev–Trinajstić information content (AvgIpc) is 2.55. The average molecular weight is 370 g/mol. The van der Waals surface area contributed by atoms with Crippen LogP contribution in [0, 0.1) is 12.7 Å². The normalized spacial score (nSPS) is 18.4. The van der Waals surface area contributed by atoms with Gasteiger partial charge in [0, 0.05) is 11.4 Å². The summed E-state index contributed by atoms with van der Waals surface area (Å²) in [6, 6.07) is 11.1. The molecule has 4 nitrogen and oxygen atoms in total. The summed E-state index contributed by atoms with van der Waals surface area (Å²) in [6.45, 7) is 9.46. The molecule has 1 atom stereocenters. The molecule has 0 aliphatic carbocycles. The summed E-state index contributed by atoms with van der Waals surface area (Å²) in [5, 5.41) is 16.0. The lowest BCUT2D eigenvalue weighted by molar-refractivity contribution is -0.141. The molecular weight excluding hydrogens is 343 g/mol. The lowest BCUT2D eigenvalue weighted by Crippen LogP contribution is -2.40. The third-order valence-electron chi connectivity index (χ3n) is 5.34. The molecule has 27 heavy (non-hydrogen) atoms. The van der Waals surface area contributed by atoms with E-state index >= 15 is 0 Å². The molecule has 144 valence electrons. The van der Waals surface area contributed by atoms with E-state index in [-0.39, 0.29) is 17.3 Å². The number of rotatable bonds is 4. The highest BCUT2D eigenvalue weighted by molar-refractivity contribution is 5.81. The van der Waals surface area contributed by atoms with Gasteiger partial charge in [-0.1, -0.05) is 26.0 Å². The van der Waals surface area contributed by atoms with Gasteiger partial charge in [0.25, 0.3) is 0 Å². The van der Waals surface area contributed by atoms with Gasteiger partial charge in [0.2, 0.25) is 0 Å². The Hall–Kier alpha value is -2.56. The predicted molar refractivity (Wildman–Crippen MR) is 107 cm³/mol. The number of aliphatic carboxylic acids is 1. The quantitative estimate of drug-likeness (QED) is 0.688. The second-order valence-corrected chi connectivity index (χ2v) is 8.61. The van der Waals surface area contributed by atoms with Crippen LogP contribution < -0.4 is 10.6 Å². The Balaban J connectivity index is 1.94. The maximum Gasteiger partial charge on any atom is 0.328 e. The minimum atomic E-state index is -1.06. The van der Waals surface area contributed by atoms with Crippen molar-refractivity contribution in [2.24, 2.45) is 0 Å². The number of carboxylic acids is 1. The van der Waals surface area contributed by atoms with Crippen molar-refractivity contribution in [3.8, 4) is 0 Å². The van der Waals surface area contributed by atoms with Crippen molar-refractivity contribution in [2.45, 2.75) is 58.0 Å². The van der Waals surface area contributed by atoms with Gasteiger partial charge in [-0.05, 0) is 73.6 Å². The number of nitrogens with one attached hydrogen (secondary N) is 2. The minimum Gasteiger partial charge on any atom is -0.480 e. The number of halogens is 1. The molecule has 0 bridgehead atoms. The van der Waals surface area contributed by atoms with Crippen LogP contribution in [0.1, 0.15) is 56.8 Å². The Kier molecular flexibility index (Phi) is 4.66. The topological polar surface area (TPSA) is 61.4 Å². The van der Waals surface area contributed by atoms with Gasteiger partial charge < -0.3 is 15.7 Å². The van der Waals surface area contributed by atoms with Crippen molar-refractivity contribution in [3.63, 3.8) is 0 Å². The van der Waals surface area contributed by atoms with Crippen molar-refractivity contribution in [1.82, 2.24) is 0 Å². The Bertz CT molecular complexity index is 890. The van der Waals surface area contributed by atoms with E-state index in [9.17, 15) is 14.3 Å². The third kappa shape index (κ3) is 3.77. The van der Waals surface area contributed by atoms with Gasteiger partial charge in [-0.2, -0.15) is 0 Å². The first-order valence-electron chi connectivity index (χ1n) is 9.18. The van der Waals surface area contributed by atoms with Crippen molar-refractivity contribution in [2.75, 3.05) is 10.6 Å². The lowest BCUT2D eigenvalue weighted by atomic mass is 9.73. The summed E-state index contributed by atoms with van der Waals surface area (Å²) in [5.74, 6) is -1.11. The summed E-state index contributed by atoms with van der Waals surface area (Å²) in [6.07, 6.45) is 0.814. The molecule has 1 unspecified atom stereocenters. The fourth-order valence-corrected chi connectivity index (χ4v) is 3.76.